The molecule has 2 unspecified atom stereocenters. The summed E-state index contributed by atoms with van der Waals surface area (Å²) in [5, 5.41) is 0. The summed E-state index contributed by atoms with van der Waals surface area (Å²) in [7, 11) is -3.02. The number of ether oxygens (including phenoxy) is 1. The Morgan fingerprint density at radius 1 is 1.10 bits per heavy atom. The Balaban J connectivity index is -0.00000364. The number of esters is 1. The molecule has 0 aromatic carbocycles. The van der Waals surface area contributed by atoms with Crippen LogP contribution < -0.4 is 68.9 Å². The van der Waals surface area contributed by atoms with Crippen LogP contribution >= 0.6 is 7.60 Å². The molecule has 0 bridgehead atoms. The number of hydrogen-bond donors (Lipinski definition) is 0. The maximum absolute atomic E-state index is 11.7. The van der Waals surface area contributed by atoms with Crippen LogP contribution in [0.1, 0.15) is 73.1 Å². The molecule has 0 aromatic heterocycles. The van der Waals surface area contributed by atoms with E-state index in [0.717, 1.165) is 25.7 Å². The Kier molecular flexibility index (Phi) is 23.2. The van der Waals surface area contributed by atoms with E-state index in [4.69, 9.17) is 4.74 Å². The Bertz CT molecular complexity index is 574. The summed E-state index contributed by atoms with van der Waals surface area (Å²) in [5.74, 6) is -0.930. The van der Waals surface area contributed by atoms with Crippen molar-refractivity contribution in [3.05, 3.63) is 23.3 Å². The van der Waals surface area contributed by atoms with Gasteiger partial charge in [-0.15, -0.1) is 0 Å². The standard InChI is InChI=1S/C21H40NO5P.2Na/c1-7-27-21(23)20(28(24,25)26)15-10-16-22(6)19(5)14-9-13-18(4)12-8-11-17(2)3;;/h11,13,19-20H,7-10,12,14-16H2,1-6H3,(H2,24,25,26);;/q;2*+1/p-2. The van der Waals surface area contributed by atoms with Crippen LogP contribution in [-0.4, -0.2) is 42.8 Å². The van der Waals surface area contributed by atoms with Crippen LogP contribution in [0.15, 0.2) is 23.3 Å². The first-order valence-corrected chi connectivity index (χ1v) is 11.8. The monoisotopic (exact) mass is 461 g/mol. The smallest absolute Gasteiger partial charge is 0.810 e. The summed E-state index contributed by atoms with van der Waals surface area (Å²) >= 11 is 0. The Labute approximate surface area is 228 Å². The Morgan fingerprint density at radius 3 is 2.20 bits per heavy atom. The van der Waals surface area contributed by atoms with E-state index in [1.165, 1.54) is 11.1 Å². The van der Waals surface area contributed by atoms with Gasteiger partial charge in [0.2, 0.25) is 0 Å². The maximum atomic E-state index is 11.7. The van der Waals surface area contributed by atoms with Crippen LogP contribution in [0.4, 0.5) is 0 Å². The predicted octanol–water partition coefficient (Wildman–Crippen LogP) is -2.59. The first kappa shape index (κ1) is 35.6. The SMILES string of the molecule is CCOC(=O)C(CCCN(C)C(C)CCC=C(C)CCC=C(C)C)P(=O)([O-])[O-].[Na+].[Na+]. The molecule has 0 saturated carbocycles. The van der Waals surface area contributed by atoms with Crippen LogP contribution in [-0.2, 0) is 14.1 Å². The van der Waals surface area contributed by atoms with E-state index in [-0.39, 0.29) is 72.1 Å². The van der Waals surface area contributed by atoms with Crippen molar-refractivity contribution < 1.29 is 83.0 Å². The molecule has 0 rings (SSSR count). The molecule has 0 fully saturated rings. The van der Waals surface area contributed by atoms with Gasteiger partial charge in [0, 0.05) is 6.04 Å². The predicted molar refractivity (Wildman–Crippen MR) is 111 cm³/mol. The minimum absolute atomic E-state index is 0. The second-order valence-corrected chi connectivity index (χ2v) is 9.43. The molecule has 0 amide bonds. The maximum Gasteiger partial charge on any atom is 1.00 e. The molecule has 0 aliphatic heterocycles. The van der Waals surface area contributed by atoms with Gasteiger partial charge in [0.15, 0.2) is 0 Å². The summed E-state index contributed by atoms with van der Waals surface area (Å²) < 4.78 is 16.0. The molecule has 0 radical (unpaired) electrons. The topological polar surface area (TPSA) is 92.7 Å². The molecule has 164 valence electrons. The first-order valence-electron chi connectivity index (χ1n) is 10.2. The summed E-state index contributed by atoms with van der Waals surface area (Å²) in [4.78, 5) is 36.5. The second-order valence-electron chi connectivity index (χ2n) is 7.73. The third kappa shape index (κ3) is 17.6. The number of allylic oxidation sites excluding steroid dienone is 4. The molecule has 0 heterocycles. The van der Waals surface area contributed by atoms with Crippen molar-refractivity contribution in [1.29, 1.82) is 0 Å². The zero-order chi connectivity index (χ0) is 21.7. The molecule has 30 heavy (non-hydrogen) atoms. The van der Waals surface area contributed by atoms with Crippen LogP contribution in [0.25, 0.3) is 0 Å². The summed E-state index contributed by atoms with van der Waals surface area (Å²) in [6, 6.07) is 0.328. The van der Waals surface area contributed by atoms with Gasteiger partial charge in [-0.05, 0) is 86.7 Å². The quantitative estimate of drug-likeness (QED) is 0.122. The van der Waals surface area contributed by atoms with Crippen molar-refractivity contribution >= 4 is 13.6 Å². The van der Waals surface area contributed by atoms with Crippen molar-refractivity contribution in [2.75, 3.05) is 20.2 Å². The molecule has 9 heteroatoms. The fraction of sp³-hybridized carbons (Fsp3) is 0.762. The van der Waals surface area contributed by atoms with Crippen molar-refractivity contribution in [1.82, 2.24) is 4.90 Å². The van der Waals surface area contributed by atoms with E-state index in [0.29, 0.717) is 19.0 Å². The van der Waals surface area contributed by atoms with Crippen LogP contribution in [0.2, 0.25) is 0 Å². The molecule has 0 aliphatic carbocycles. The van der Waals surface area contributed by atoms with Crippen molar-refractivity contribution in [3.8, 4) is 0 Å². The van der Waals surface area contributed by atoms with Gasteiger partial charge in [0.05, 0.1) is 12.3 Å². The molecule has 0 saturated heterocycles. The van der Waals surface area contributed by atoms with Gasteiger partial charge < -0.3 is 24.0 Å². The van der Waals surface area contributed by atoms with E-state index in [1.54, 1.807) is 6.92 Å². The van der Waals surface area contributed by atoms with Crippen molar-refractivity contribution in [2.45, 2.75) is 84.8 Å². The average molecular weight is 461 g/mol. The molecular weight excluding hydrogens is 423 g/mol. The van der Waals surface area contributed by atoms with Crippen molar-refractivity contribution in [3.63, 3.8) is 0 Å². The number of carbonyl (C=O) groups is 1. The van der Waals surface area contributed by atoms with Crippen LogP contribution in [0, 0.1) is 0 Å². The first-order chi connectivity index (χ1) is 13.0. The summed E-state index contributed by atoms with van der Waals surface area (Å²) in [5.41, 5.74) is 1.16. The van der Waals surface area contributed by atoms with Gasteiger partial charge in [0.1, 0.15) is 0 Å². The Hall–Kier alpha value is 1.06. The third-order valence-electron chi connectivity index (χ3n) is 4.85. The molecule has 6 nitrogen and oxygen atoms in total. The zero-order valence-electron chi connectivity index (χ0n) is 20.4. The van der Waals surface area contributed by atoms with Gasteiger partial charge in [-0.25, -0.2) is 0 Å². The number of hydrogen-bond acceptors (Lipinski definition) is 6. The number of carbonyl (C=O) groups excluding carboxylic acids is 1. The third-order valence-corrected chi connectivity index (χ3v) is 6.08. The number of nitrogens with zero attached hydrogens (tertiary/aromatic N) is 1. The fourth-order valence-corrected chi connectivity index (χ4v) is 3.71. The van der Waals surface area contributed by atoms with Gasteiger partial charge in [0.25, 0.3) is 0 Å². The van der Waals surface area contributed by atoms with E-state index < -0.39 is 19.2 Å². The van der Waals surface area contributed by atoms with Gasteiger partial charge in [-0.2, -0.15) is 0 Å². The largest absolute Gasteiger partial charge is 1.00 e. The summed E-state index contributed by atoms with van der Waals surface area (Å²) in [6.45, 7) is 10.8. The van der Waals surface area contributed by atoms with Gasteiger partial charge in [-0.1, -0.05) is 30.9 Å². The van der Waals surface area contributed by atoms with Gasteiger partial charge >= 0.3 is 65.1 Å². The zero-order valence-corrected chi connectivity index (χ0v) is 25.3. The van der Waals surface area contributed by atoms with E-state index >= 15 is 0 Å². The van der Waals surface area contributed by atoms with E-state index in [9.17, 15) is 19.1 Å². The van der Waals surface area contributed by atoms with Gasteiger partial charge in [-0.3, -0.25) is 4.79 Å². The van der Waals surface area contributed by atoms with Crippen LogP contribution in [0.3, 0.4) is 0 Å². The molecule has 2 atom stereocenters. The van der Waals surface area contributed by atoms with E-state index in [1.807, 2.05) is 7.05 Å². The summed E-state index contributed by atoms with van der Waals surface area (Å²) in [6.07, 6.45) is 9.14. The van der Waals surface area contributed by atoms with Crippen LogP contribution in [0.5, 0.6) is 0 Å². The molecule has 0 aliphatic rings. The number of rotatable bonds is 14. The normalized spacial score (nSPS) is 13.7. The minimum atomic E-state index is -4.99. The molecule has 0 spiro atoms. The molecular formula is C21H38NNa2O5P. The van der Waals surface area contributed by atoms with E-state index in [2.05, 4.69) is 44.7 Å². The molecule has 0 aromatic rings. The fourth-order valence-electron chi connectivity index (χ4n) is 2.88. The van der Waals surface area contributed by atoms with Crippen molar-refractivity contribution in [2.24, 2.45) is 0 Å². The average Bonchev–Trinajstić information content (AvgIpc) is 2.56. The Morgan fingerprint density at radius 2 is 1.70 bits per heavy atom. The minimum Gasteiger partial charge on any atom is -0.810 e. The second kappa shape index (κ2) is 19.5. The molecule has 0 N–H and O–H groups in total.